The maximum Gasteiger partial charge on any atom is 0.274 e. The number of ether oxygens (including phenoxy) is 2. The second-order valence-corrected chi connectivity index (χ2v) is 10.4. The fourth-order valence-corrected chi connectivity index (χ4v) is 4.71. The van der Waals surface area contributed by atoms with Gasteiger partial charge in [0.1, 0.15) is 10.6 Å². The van der Waals surface area contributed by atoms with Crippen LogP contribution in [0, 0.1) is 0 Å². The van der Waals surface area contributed by atoms with Crippen molar-refractivity contribution in [3.8, 4) is 11.5 Å². The third kappa shape index (κ3) is 3.82. The van der Waals surface area contributed by atoms with Crippen LogP contribution in [0.4, 0.5) is 0 Å². The fraction of sp³-hybridized carbons (Fsp3) is 0.550. The summed E-state index contributed by atoms with van der Waals surface area (Å²) in [5, 5.41) is 2.91. The predicted molar refractivity (Wildman–Crippen MR) is 110 cm³/mol. The average Bonchev–Trinajstić information content (AvgIpc) is 3.10. The molecular weight excluding hydrogens is 362 g/mol. The Balaban J connectivity index is 2.82. The second-order valence-electron chi connectivity index (χ2n) is 7.51. The van der Waals surface area contributed by atoms with E-state index < -0.39 is 14.6 Å². The lowest BCUT2D eigenvalue weighted by Crippen LogP contribution is -2.31. The van der Waals surface area contributed by atoms with Crippen molar-refractivity contribution in [2.24, 2.45) is 0 Å². The number of hydrogen-bond donors (Lipinski definition) is 0. The van der Waals surface area contributed by atoms with Crippen molar-refractivity contribution < 1.29 is 13.9 Å². The Morgan fingerprint density at radius 2 is 1.73 bits per heavy atom. The van der Waals surface area contributed by atoms with Gasteiger partial charge < -0.3 is 13.9 Å². The molecule has 2 rings (SSSR count). The zero-order valence-corrected chi connectivity index (χ0v) is 18.9. The molecule has 1 unspecified atom stereocenters. The van der Waals surface area contributed by atoms with Crippen LogP contribution in [0.25, 0.3) is 0 Å². The number of thiazole rings is 1. The van der Waals surface area contributed by atoms with Crippen LogP contribution in [0.2, 0.25) is 13.1 Å². The lowest BCUT2D eigenvalue weighted by Gasteiger charge is -2.34. The molecule has 0 aliphatic heterocycles. The molecule has 0 saturated carbocycles. The summed E-state index contributed by atoms with van der Waals surface area (Å²) in [5.41, 5.74) is 1.40. The van der Waals surface area contributed by atoms with E-state index in [1.54, 1.807) is 25.6 Å². The standard InChI is InChI=1S/C20H30NO3SSi/c1-9-20(23-6,18-21-12-13-25-18)15-11-10-14(19(2,3)4)16(22-5)17(15)24-26(7)8/h10-13H,9H2,1-8H3. The van der Waals surface area contributed by atoms with Crippen LogP contribution in [0.1, 0.15) is 50.3 Å². The van der Waals surface area contributed by atoms with Crippen molar-refractivity contribution >= 4 is 20.4 Å². The molecule has 2 aromatic rings. The Hall–Kier alpha value is -1.37. The highest BCUT2D eigenvalue weighted by Gasteiger charge is 2.40. The van der Waals surface area contributed by atoms with Gasteiger partial charge in [0.2, 0.25) is 0 Å². The summed E-state index contributed by atoms with van der Waals surface area (Å²) in [6.07, 6.45) is 2.57. The Morgan fingerprint density at radius 3 is 2.15 bits per heavy atom. The van der Waals surface area contributed by atoms with Crippen LogP contribution in [-0.2, 0) is 15.8 Å². The van der Waals surface area contributed by atoms with E-state index in [0.29, 0.717) is 0 Å². The number of methoxy groups -OCH3 is 2. The molecule has 0 bridgehead atoms. The topological polar surface area (TPSA) is 40.6 Å². The molecule has 26 heavy (non-hydrogen) atoms. The van der Waals surface area contributed by atoms with Gasteiger partial charge in [-0.25, -0.2) is 4.98 Å². The van der Waals surface area contributed by atoms with Gasteiger partial charge in [0.15, 0.2) is 11.5 Å². The molecular formula is C20H30NO3SSi. The summed E-state index contributed by atoms with van der Waals surface area (Å²) < 4.78 is 18.3. The molecule has 1 heterocycles. The van der Waals surface area contributed by atoms with E-state index in [-0.39, 0.29) is 5.41 Å². The van der Waals surface area contributed by atoms with Crippen molar-refractivity contribution in [3.05, 3.63) is 39.8 Å². The van der Waals surface area contributed by atoms with Gasteiger partial charge in [-0.3, -0.25) is 0 Å². The molecule has 0 spiro atoms. The van der Waals surface area contributed by atoms with E-state index in [2.05, 4.69) is 57.9 Å². The number of benzene rings is 1. The molecule has 6 heteroatoms. The van der Waals surface area contributed by atoms with E-state index in [1.165, 1.54) is 0 Å². The van der Waals surface area contributed by atoms with Crippen molar-refractivity contribution in [1.29, 1.82) is 0 Å². The van der Waals surface area contributed by atoms with Crippen LogP contribution in [0.15, 0.2) is 23.7 Å². The highest BCUT2D eigenvalue weighted by molar-refractivity contribution is 7.09. The molecule has 4 nitrogen and oxygen atoms in total. The first-order chi connectivity index (χ1) is 12.2. The predicted octanol–water partition coefficient (Wildman–Crippen LogP) is 5.38. The average molecular weight is 393 g/mol. The van der Waals surface area contributed by atoms with Crippen LogP contribution >= 0.6 is 11.3 Å². The number of hydrogen-bond acceptors (Lipinski definition) is 5. The van der Waals surface area contributed by atoms with E-state index in [1.807, 2.05) is 11.6 Å². The van der Waals surface area contributed by atoms with E-state index >= 15 is 0 Å². The zero-order chi connectivity index (χ0) is 19.5. The second kappa shape index (κ2) is 8.11. The monoisotopic (exact) mass is 392 g/mol. The molecule has 1 aromatic carbocycles. The number of rotatable bonds is 7. The normalized spacial score (nSPS) is 14.3. The van der Waals surface area contributed by atoms with Crippen LogP contribution in [0.3, 0.4) is 0 Å². The lowest BCUT2D eigenvalue weighted by molar-refractivity contribution is 0.0169. The van der Waals surface area contributed by atoms with Crippen LogP contribution in [0.5, 0.6) is 11.5 Å². The SMILES string of the molecule is CCC(OC)(c1nccs1)c1ccc(C(C)(C)C)c(OC)c1O[Si](C)C. The molecule has 0 aliphatic carbocycles. The van der Waals surface area contributed by atoms with Gasteiger partial charge in [-0.1, -0.05) is 39.8 Å². The van der Waals surface area contributed by atoms with Gasteiger partial charge in [0.25, 0.3) is 9.04 Å². The molecule has 1 atom stereocenters. The summed E-state index contributed by atoms with van der Waals surface area (Å²) >= 11 is 1.60. The smallest absolute Gasteiger partial charge is 0.274 e. The molecule has 1 radical (unpaired) electrons. The summed E-state index contributed by atoms with van der Waals surface area (Å²) in [5.74, 6) is 1.59. The van der Waals surface area contributed by atoms with Gasteiger partial charge in [-0.05, 0) is 24.9 Å². The molecule has 0 aliphatic rings. The molecule has 143 valence electrons. The Morgan fingerprint density at radius 1 is 1.08 bits per heavy atom. The van der Waals surface area contributed by atoms with Crippen molar-refractivity contribution in [2.75, 3.05) is 14.2 Å². The summed E-state index contributed by atoms with van der Waals surface area (Å²) in [6, 6.07) is 4.26. The first-order valence-corrected chi connectivity index (χ1v) is 12.1. The molecule has 0 N–H and O–H groups in total. The third-order valence-corrected chi connectivity index (χ3v) is 6.02. The minimum absolute atomic E-state index is 0.0561. The van der Waals surface area contributed by atoms with E-state index in [0.717, 1.165) is 34.1 Å². The quantitative estimate of drug-likeness (QED) is 0.593. The first kappa shape index (κ1) is 20.9. The van der Waals surface area contributed by atoms with E-state index in [9.17, 15) is 0 Å². The van der Waals surface area contributed by atoms with Crippen LogP contribution in [-0.4, -0.2) is 28.2 Å². The Labute approximate surface area is 163 Å². The third-order valence-electron chi connectivity index (χ3n) is 4.49. The van der Waals surface area contributed by atoms with Gasteiger partial charge in [-0.2, -0.15) is 0 Å². The highest BCUT2D eigenvalue weighted by Crippen LogP contribution is 2.49. The molecule has 1 aromatic heterocycles. The maximum absolute atomic E-state index is 6.38. The van der Waals surface area contributed by atoms with Crippen molar-refractivity contribution in [1.82, 2.24) is 4.98 Å². The zero-order valence-electron chi connectivity index (χ0n) is 17.1. The summed E-state index contributed by atoms with van der Waals surface area (Å²) in [4.78, 5) is 4.56. The van der Waals surface area contributed by atoms with Crippen molar-refractivity contribution in [2.45, 2.75) is 58.2 Å². The van der Waals surface area contributed by atoms with Crippen LogP contribution < -0.4 is 9.16 Å². The van der Waals surface area contributed by atoms with E-state index in [4.69, 9.17) is 13.9 Å². The Kier molecular flexibility index (Phi) is 6.53. The molecule has 0 amide bonds. The van der Waals surface area contributed by atoms with Gasteiger partial charge in [0, 0.05) is 29.8 Å². The maximum atomic E-state index is 6.38. The number of aromatic nitrogens is 1. The minimum Gasteiger partial charge on any atom is -0.540 e. The van der Waals surface area contributed by atoms with Crippen molar-refractivity contribution in [3.63, 3.8) is 0 Å². The fourth-order valence-electron chi connectivity index (χ4n) is 3.20. The molecule has 0 saturated heterocycles. The lowest BCUT2D eigenvalue weighted by atomic mass is 9.82. The van der Waals surface area contributed by atoms with Gasteiger partial charge in [0.05, 0.1) is 7.11 Å². The Bertz CT molecular complexity index is 719. The summed E-state index contributed by atoms with van der Waals surface area (Å²) in [7, 11) is 2.45. The largest absolute Gasteiger partial charge is 0.540 e. The first-order valence-electron chi connectivity index (χ1n) is 8.86. The molecule has 0 fully saturated rings. The van der Waals surface area contributed by atoms with Gasteiger partial charge in [-0.15, -0.1) is 11.3 Å². The minimum atomic E-state index is -0.999. The number of nitrogens with zero attached hydrogens (tertiary/aromatic N) is 1. The highest BCUT2D eigenvalue weighted by atomic mass is 32.1. The van der Waals surface area contributed by atoms with Gasteiger partial charge >= 0.3 is 0 Å². The summed E-state index contributed by atoms with van der Waals surface area (Å²) in [6.45, 7) is 12.9.